The number of amides is 1. The molecule has 0 aliphatic rings. The molecule has 19 heavy (non-hydrogen) atoms. The molecule has 0 saturated heterocycles. The third-order valence-corrected chi connectivity index (χ3v) is 2.82. The van der Waals surface area contributed by atoms with Gasteiger partial charge in [0.05, 0.1) is 7.11 Å². The first kappa shape index (κ1) is 13.4. The molecule has 0 unspecified atom stereocenters. The predicted octanol–water partition coefficient (Wildman–Crippen LogP) is 2.81. The summed E-state index contributed by atoms with van der Waals surface area (Å²) in [6, 6.07) is 7.66. The van der Waals surface area contributed by atoms with Gasteiger partial charge in [0, 0.05) is 16.2 Å². The van der Waals surface area contributed by atoms with Crippen LogP contribution in [-0.2, 0) is 0 Å². The lowest BCUT2D eigenvalue weighted by atomic mass is 10.2. The molecular weight excluding hydrogens is 312 g/mol. The number of benzene rings is 1. The number of phenolic OH excluding ortho intramolecular Hbond substituents is 1. The second-order valence-corrected chi connectivity index (χ2v) is 4.63. The van der Waals surface area contributed by atoms with Gasteiger partial charge in [-0.2, -0.15) is 0 Å². The summed E-state index contributed by atoms with van der Waals surface area (Å²) in [6.07, 6.45) is 1.58. The van der Waals surface area contributed by atoms with Crippen molar-refractivity contribution in [3.63, 3.8) is 0 Å². The Hall–Kier alpha value is -2.08. The molecule has 6 heteroatoms. The van der Waals surface area contributed by atoms with Crippen molar-refractivity contribution in [3.05, 3.63) is 46.6 Å². The van der Waals surface area contributed by atoms with Crippen molar-refractivity contribution in [2.75, 3.05) is 12.4 Å². The number of halogens is 1. The number of carbonyl (C=O) groups is 1. The minimum atomic E-state index is -0.307. The third-order valence-electron chi connectivity index (χ3n) is 2.39. The van der Waals surface area contributed by atoms with Gasteiger partial charge >= 0.3 is 0 Å². The molecule has 0 aliphatic heterocycles. The molecule has 0 bridgehead atoms. The maximum absolute atomic E-state index is 12.0. The van der Waals surface area contributed by atoms with Gasteiger partial charge in [-0.15, -0.1) is 0 Å². The molecule has 2 rings (SSSR count). The maximum Gasteiger partial charge on any atom is 0.255 e. The lowest BCUT2D eigenvalue weighted by Gasteiger charge is -2.09. The van der Waals surface area contributed by atoms with E-state index >= 15 is 0 Å². The van der Waals surface area contributed by atoms with E-state index in [0.29, 0.717) is 17.1 Å². The molecule has 0 spiro atoms. The highest BCUT2D eigenvalue weighted by atomic mass is 79.9. The lowest BCUT2D eigenvalue weighted by Crippen LogP contribution is -2.12. The summed E-state index contributed by atoms with van der Waals surface area (Å²) in [7, 11) is 1.48. The Bertz CT molecular complexity index is 599. The number of aromatic hydroxyl groups is 1. The first-order valence-corrected chi connectivity index (χ1v) is 6.19. The van der Waals surface area contributed by atoms with Gasteiger partial charge in [-0.1, -0.05) is 0 Å². The number of rotatable bonds is 3. The van der Waals surface area contributed by atoms with E-state index in [1.165, 1.54) is 31.4 Å². The smallest absolute Gasteiger partial charge is 0.255 e. The SMILES string of the molecule is COc1ncc(Br)cc1NC(=O)c1ccc(O)cc1. The fourth-order valence-corrected chi connectivity index (χ4v) is 1.82. The van der Waals surface area contributed by atoms with Crippen molar-refractivity contribution < 1.29 is 14.6 Å². The summed E-state index contributed by atoms with van der Waals surface area (Å²) in [5.74, 6) is 0.131. The largest absolute Gasteiger partial charge is 0.508 e. The van der Waals surface area contributed by atoms with Crippen LogP contribution in [0.15, 0.2) is 41.0 Å². The van der Waals surface area contributed by atoms with Crippen molar-refractivity contribution in [2.24, 2.45) is 0 Å². The van der Waals surface area contributed by atoms with Gasteiger partial charge in [-0.05, 0) is 46.3 Å². The summed E-state index contributed by atoms with van der Waals surface area (Å²) in [6.45, 7) is 0. The minimum absolute atomic E-state index is 0.109. The van der Waals surface area contributed by atoms with Crippen molar-refractivity contribution in [2.45, 2.75) is 0 Å². The van der Waals surface area contributed by atoms with Gasteiger partial charge < -0.3 is 15.2 Å². The van der Waals surface area contributed by atoms with Gasteiger partial charge in [0.15, 0.2) is 0 Å². The Morgan fingerprint density at radius 1 is 1.37 bits per heavy atom. The van der Waals surface area contributed by atoms with Crippen LogP contribution < -0.4 is 10.1 Å². The van der Waals surface area contributed by atoms with Gasteiger partial charge in [-0.25, -0.2) is 4.98 Å². The molecular formula is C13H11BrN2O3. The highest BCUT2D eigenvalue weighted by molar-refractivity contribution is 9.10. The van der Waals surface area contributed by atoms with E-state index in [-0.39, 0.29) is 11.7 Å². The number of hydrogen-bond acceptors (Lipinski definition) is 4. The molecule has 2 N–H and O–H groups in total. The molecule has 1 heterocycles. The average Bonchev–Trinajstić information content (AvgIpc) is 2.39. The lowest BCUT2D eigenvalue weighted by molar-refractivity contribution is 0.102. The minimum Gasteiger partial charge on any atom is -0.508 e. The highest BCUT2D eigenvalue weighted by Crippen LogP contribution is 2.25. The Morgan fingerprint density at radius 2 is 2.05 bits per heavy atom. The maximum atomic E-state index is 12.0. The van der Waals surface area contributed by atoms with Crippen molar-refractivity contribution in [1.82, 2.24) is 4.98 Å². The number of pyridine rings is 1. The van der Waals surface area contributed by atoms with E-state index in [9.17, 15) is 9.90 Å². The zero-order chi connectivity index (χ0) is 13.8. The monoisotopic (exact) mass is 322 g/mol. The third kappa shape index (κ3) is 3.23. The van der Waals surface area contributed by atoms with Crippen LogP contribution in [-0.4, -0.2) is 23.1 Å². The molecule has 1 amide bonds. The summed E-state index contributed by atoms with van der Waals surface area (Å²) in [5, 5.41) is 11.9. The zero-order valence-corrected chi connectivity index (χ0v) is 11.6. The second kappa shape index (κ2) is 5.71. The number of ether oxygens (including phenoxy) is 1. The number of carbonyl (C=O) groups excluding carboxylic acids is 1. The van der Waals surface area contributed by atoms with Crippen LogP contribution in [0.5, 0.6) is 11.6 Å². The van der Waals surface area contributed by atoms with E-state index in [0.717, 1.165) is 4.47 Å². The van der Waals surface area contributed by atoms with E-state index < -0.39 is 0 Å². The van der Waals surface area contributed by atoms with Crippen LogP contribution in [0.3, 0.4) is 0 Å². The van der Waals surface area contributed by atoms with E-state index in [2.05, 4.69) is 26.2 Å². The van der Waals surface area contributed by atoms with Crippen LogP contribution in [0.2, 0.25) is 0 Å². The van der Waals surface area contributed by atoms with Gasteiger partial charge in [0.1, 0.15) is 11.4 Å². The predicted molar refractivity (Wildman–Crippen MR) is 74.5 cm³/mol. The molecule has 0 radical (unpaired) electrons. The number of nitrogens with one attached hydrogen (secondary N) is 1. The topological polar surface area (TPSA) is 71.5 Å². The molecule has 0 fully saturated rings. The molecule has 0 atom stereocenters. The van der Waals surface area contributed by atoms with Crippen LogP contribution in [0, 0.1) is 0 Å². The normalized spacial score (nSPS) is 10.0. The van der Waals surface area contributed by atoms with E-state index in [1.807, 2.05) is 0 Å². The Labute approximate surface area is 118 Å². The number of anilines is 1. The summed E-state index contributed by atoms with van der Waals surface area (Å²) < 4.78 is 5.80. The van der Waals surface area contributed by atoms with Crippen LogP contribution in [0.1, 0.15) is 10.4 Å². The van der Waals surface area contributed by atoms with E-state index in [4.69, 9.17) is 4.74 Å². The second-order valence-electron chi connectivity index (χ2n) is 3.71. The van der Waals surface area contributed by atoms with Crippen molar-refractivity contribution >= 4 is 27.5 Å². The van der Waals surface area contributed by atoms with Crippen molar-refractivity contribution in [3.8, 4) is 11.6 Å². The Kier molecular flexibility index (Phi) is 4.01. The van der Waals surface area contributed by atoms with Gasteiger partial charge in [-0.3, -0.25) is 4.79 Å². The average molecular weight is 323 g/mol. The van der Waals surface area contributed by atoms with Crippen LogP contribution >= 0.6 is 15.9 Å². The molecule has 1 aromatic carbocycles. The molecule has 0 aliphatic carbocycles. The molecule has 1 aromatic heterocycles. The van der Waals surface area contributed by atoms with Crippen LogP contribution in [0.25, 0.3) is 0 Å². The summed E-state index contributed by atoms with van der Waals surface area (Å²) >= 11 is 3.28. The number of nitrogens with zero attached hydrogens (tertiary/aromatic N) is 1. The number of phenols is 1. The fraction of sp³-hybridized carbons (Fsp3) is 0.0769. The Balaban J connectivity index is 2.23. The summed E-state index contributed by atoms with van der Waals surface area (Å²) in [4.78, 5) is 16.0. The molecule has 0 saturated carbocycles. The first-order valence-electron chi connectivity index (χ1n) is 5.40. The Morgan fingerprint density at radius 3 is 2.68 bits per heavy atom. The highest BCUT2D eigenvalue weighted by Gasteiger charge is 2.11. The van der Waals surface area contributed by atoms with Gasteiger partial charge in [0.25, 0.3) is 5.91 Å². The summed E-state index contributed by atoms with van der Waals surface area (Å²) in [5.41, 5.74) is 0.898. The zero-order valence-electron chi connectivity index (χ0n) is 10.1. The molecule has 98 valence electrons. The van der Waals surface area contributed by atoms with Crippen LogP contribution in [0.4, 0.5) is 5.69 Å². The van der Waals surface area contributed by atoms with E-state index in [1.54, 1.807) is 12.3 Å². The fourth-order valence-electron chi connectivity index (χ4n) is 1.49. The number of aromatic nitrogens is 1. The quantitative estimate of drug-likeness (QED) is 0.911. The molecule has 5 nitrogen and oxygen atoms in total. The van der Waals surface area contributed by atoms with Gasteiger partial charge in [0.2, 0.25) is 5.88 Å². The first-order chi connectivity index (χ1) is 9.10. The standard InChI is InChI=1S/C13H11BrN2O3/c1-19-13-11(6-9(14)7-15-13)16-12(18)8-2-4-10(17)5-3-8/h2-7,17H,1H3,(H,16,18). The number of methoxy groups -OCH3 is 1. The number of hydrogen-bond donors (Lipinski definition) is 2. The van der Waals surface area contributed by atoms with Crippen molar-refractivity contribution in [1.29, 1.82) is 0 Å². The molecule has 2 aromatic rings.